The maximum Gasteiger partial charge on any atom is 0.335 e. The van der Waals surface area contributed by atoms with Crippen LogP contribution >= 0.6 is 11.6 Å². The summed E-state index contributed by atoms with van der Waals surface area (Å²) >= 11 is 6.22. The predicted octanol–water partition coefficient (Wildman–Crippen LogP) is 3.81. The second kappa shape index (κ2) is 7.85. The van der Waals surface area contributed by atoms with E-state index in [2.05, 4.69) is 25.5 Å². The summed E-state index contributed by atoms with van der Waals surface area (Å²) in [7, 11) is 0. The molecule has 0 radical (unpaired) electrons. The summed E-state index contributed by atoms with van der Waals surface area (Å²) in [4.78, 5) is 19.5. The van der Waals surface area contributed by atoms with E-state index in [9.17, 15) is 9.18 Å². The molecule has 2 N–H and O–H groups in total. The second-order valence-electron chi connectivity index (χ2n) is 6.74. The summed E-state index contributed by atoms with van der Waals surface area (Å²) in [6, 6.07) is 7.00. The third-order valence-electron chi connectivity index (χ3n) is 4.14. The number of nitrogens with zero attached hydrogens (tertiary/aromatic N) is 4. The van der Waals surface area contributed by atoms with Crippen LogP contribution in [0.4, 0.5) is 10.3 Å². The van der Waals surface area contributed by atoms with Crippen molar-refractivity contribution >= 4 is 23.5 Å². The zero-order valence-corrected chi connectivity index (χ0v) is 15.9. The lowest BCUT2D eigenvalue weighted by molar-refractivity contribution is 0.0697. The number of aromatic nitrogens is 4. The third-order valence-corrected chi connectivity index (χ3v) is 4.44. The number of carboxylic acid groups (broad SMARTS) is 1. The molecule has 3 rings (SSSR count). The Labute approximate surface area is 165 Å². The van der Waals surface area contributed by atoms with Crippen LogP contribution in [0.2, 0.25) is 5.02 Å². The minimum atomic E-state index is -1.16. The summed E-state index contributed by atoms with van der Waals surface area (Å²) in [5.74, 6) is -1.51. The lowest BCUT2D eigenvalue weighted by Crippen LogP contribution is -2.29. The van der Waals surface area contributed by atoms with E-state index in [4.69, 9.17) is 16.7 Å². The number of hydrogen-bond donors (Lipinski definition) is 2. The van der Waals surface area contributed by atoms with Crippen LogP contribution in [0.25, 0.3) is 11.3 Å². The van der Waals surface area contributed by atoms with Crippen molar-refractivity contribution in [1.82, 2.24) is 20.2 Å². The molecule has 0 spiro atoms. The number of anilines is 1. The average molecular weight is 402 g/mol. The van der Waals surface area contributed by atoms with Crippen LogP contribution in [0.5, 0.6) is 0 Å². The largest absolute Gasteiger partial charge is 0.478 e. The van der Waals surface area contributed by atoms with Crippen molar-refractivity contribution < 1.29 is 14.3 Å². The van der Waals surface area contributed by atoms with Crippen molar-refractivity contribution in [2.45, 2.75) is 19.3 Å². The van der Waals surface area contributed by atoms with Crippen molar-refractivity contribution in [2.75, 3.05) is 11.9 Å². The summed E-state index contributed by atoms with van der Waals surface area (Å²) in [6.45, 7) is 4.39. The summed E-state index contributed by atoms with van der Waals surface area (Å²) < 4.78 is 14.0. The topological polar surface area (TPSA) is 101 Å². The fraction of sp³-hybridized carbons (Fsp3) is 0.211. The molecule has 0 amide bonds. The molecule has 0 fully saturated rings. The molecule has 3 aromatic rings. The summed E-state index contributed by atoms with van der Waals surface area (Å²) in [6.07, 6.45) is 3.01. The van der Waals surface area contributed by atoms with Crippen molar-refractivity contribution in [3.63, 3.8) is 0 Å². The molecule has 0 saturated carbocycles. The monoisotopic (exact) mass is 401 g/mol. The maximum absolute atomic E-state index is 14.0. The highest BCUT2D eigenvalue weighted by atomic mass is 35.5. The zero-order valence-electron chi connectivity index (χ0n) is 15.1. The molecule has 0 aliphatic carbocycles. The number of hydrogen-bond acceptors (Lipinski definition) is 6. The van der Waals surface area contributed by atoms with Gasteiger partial charge in [0, 0.05) is 23.7 Å². The van der Waals surface area contributed by atoms with Gasteiger partial charge >= 0.3 is 5.97 Å². The van der Waals surface area contributed by atoms with Crippen LogP contribution in [0, 0.1) is 5.82 Å². The minimum absolute atomic E-state index is 0.0204. The van der Waals surface area contributed by atoms with E-state index in [1.54, 1.807) is 18.3 Å². The molecule has 28 heavy (non-hydrogen) atoms. The Morgan fingerprint density at radius 2 is 2.04 bits per heavy atom. The third kappa shape index (κ3) is 4.23. The molecule has 0 bridgehead atoms. The van der Waals surface area contributed by atoms with E-state index in [-0.39, 0.29) is 22.8 Å². The van der Waals surface area contributed by atoms with E-state index in [1.165, 1.54) is 18.3 Å². The van der Waals surface area contributed by atoms with Gasteiger partial charge in [-0.2, -0.15) is 0 Å². The molecule has 7 nitrogen and oxygen atoms in total. The van der Waals surface area contributed by atoms with Gasteiger partial charge in [0.25, 0.3) is 0 Å². The molecule has 2 aromatic heterocycles. The van der Waals surface area contributed by atoms with Crippen LogP contribution in [0.1, 0.15) is 29.9 Å². The SMILES string of the molecule is CC(C)(CNc1ncc(-c2cc(C(=O)O)ccc2F)nn1)c1ncccc1Cl. The van der Waals surface area contributed by atoms with Gasteiger partial charge in [-0.05, 0) is 30.3 Å². The van der Waals surface area contributed by atoms with Gasteiger partial charge in [-0.3, -0.25) is 4.98 Å². The average Bonchev–Trinajstić information content (AvgIpc) is 2.67. The smallest absolute Gasteiger partial charge is 0.335 e. The first-order valence-electron chi connectivity index (χ1n) is 8.36. The summed E-state index contributed by atoms with van der Waals surface area (Å²) in [5, 5.41) is 20.6. The number of pyridine rings is 1. The standard InChI is InChI=1S/C19H17ClFN5O2/c1-19(2,16-13(20)4-3-7-22-16)10-24-18-23-9-15(25-26-18)12-8-11(17(27)28)5-6-14(12)21/h3-9H,10H2,1-2H3,(H,27,28)(H,23,24,26). The van der Waals surface area contributed by atoms with Gasteiger partial charge < -0.3 is 10.4 Å². The molecular formula is C19H17ClFN5O2. The molecule has 2 heterocycles. The molecule has 0 aliphatic heterocycles. The molecule has 144 valence electrons. The van der Waals surface area contributed by atoms with Gasteiger partial charge in [0.15, 0.2) is 0 Å². The molecule has 0 aliphatic rings. The fourth-order valence-corrected chi connectivity index (χ4v) is 2.98. The van der Waals surface area contributed by atoms with Gasteiger partial charge in [0.1, 0.15) is 11.5 Å². The Hall–Kier alpha value is -3.13. The Bertz CT molecular complexity index is 1010. The predicted molar refractivity (Wildman–Crippen MR) is 103 cm³/mol. The molecule has 0 unspecified atom stereocenters. The highest BCUT2D eigenvalue weighted by Gasteiger charge is 2.25. The van der Waals surface area contributed by atoms with Crippen LogP contribution in [-0.2, 0) is 5.41 Å². The zero-order chi connectivity index (χ0) is 20.3. The fourth-order valence-electron chi connectivity index (χ4n) is 2.60. The van der Waals surface area contributed by atoms with E-state index in [0.717, 1.165) is 11.8 Å². The number of rotatable bonds is 6. The van der Waals surface area contributed by atoms with Crippen molar-refractivity contribution in [1.29, 1.82) is 0 Å². The van der Waals surface area contributed by atoms with Crippen molar-refractivity contribution in [2.24, 2.45) is 0 Å². The van der Waals surface area contributed by atoms with Crippen LogP contribution in [0.15, 0.2) is 42.7 Å². The van der Waals surface area contributed by atoms with Crippen LogP contribution in [0.3, 0.4) is 0 Å². The Balaban J connectivity index is 1.76. The number of halogens is 2. The highest BCUT2D eigenvalue weighted by molar-refractivity contribution is 6.31. The molecular weight excluding hydrogens is 385 g/mol. The lowest BCUT2D eigenvalue weighted by Gasteiger charge is -2.25. The van der Waals surface area contributed by atoms with E-state index in [0.29, 0.717) is 11.6 Å². The van der Waals surface area contributed by atoms with Crippen LogP contribution < -0.4 is 5.32 Å². The number of benzene rings is 1. The van der Waals surface area contributed by atoms with Gasteiger partial charge in [-0.15, -0.1) is 10.2 Å². The number of carboxylic acids is 1. The van der Waals surface area contributed by atoms with E-state index >= 15 is 0 Å². The maximum atomic E-state index is 14.0. The Morgan fingerprint density at radius 3 is 2.68 bits per heavy atom. The molecule has 0 saturated heterocycles. The molecule has 9 heteroatoms. The quantitative estimate of drug-likeness (QED) is 0.647. The van der Waals surface area contributed by atoms with Crippen molar-refractivity contribution in [3.8, 4) is 11.3 Å². The van der Waals surface area contributed by atoms with E-state index < -0.39 is 17.2 Å². The molecule has 0 atom stereocenters. The van der Waals surface area contributed by atoms with Gasteiger partial charge in [0.05, 0.1) is 22.5 Å². The summed E-state index contributed by atoms with van der Waals surface area (Å²) in [5.41, 5.74) is 0.448. The lowest BCUT2D eigenvalue weighted by atomic mass is 9.88. The van der Waals surface area contributed by atoms with Crippen molar-refractivity contribution in [3.05, 3.63) is 64.8 Å². The number of nitrogens with one attached hydrogen (secondary N) is 1. The minimum Gasteiger partial charge on any atom is -0.478 e. The molecule has 1 aromatic carbocycles. The van der Waals surface area contributed by atoms with Gasteiger partial charge in [-0.1, -0.05) is 25.4 Å². The van der Waals surface area contributed by atoms with Crippen LogP contribution in [-0.4, -0.2) is 37.8 Å². The van der Waals surface area contributed by atoms with Gasteiger partial charge in [0.2, 0.25) is 5.95 Å². The highest BCUT2D eigenvalue weighted by Crippen LogP contribution is 2.28. The first-order chi connectivity index (χ1) is 13.3. The Morgan fingerprint density at radius 1 is 1.25 bits per heavy atom. The number of carbonyl (C=O) groups is 1. The first kappa shape index (κ1) is 19.6. The van der Waals surface area contributed by atoms with Gasteiger partial charge in [-0.25, -0.2) is 14.2 Å². The second-order valence-corrected chi connectivity index (χ2v) is 7.15. The Kier molecular flexibility index (Phi) is 5.51. The normalized spacial score (nSPS) is 11.3. The van der Waals surface area contributed by atoms with E-state index in [1.807, 2.05) is 13.8 Å². The number of aromatic carboxylic acids is 1. The first-order valence-corrected chi connectivity index (χ1v) is 8.73.